The predicted octanol–water partition coefficient (Wildman–Crippen LogP) is 2.48. The Labute approximate surface area is 105 Å². The van der Waals surface area contributed by atoms with Gasteiger partial charge in [-0.15, -0.1) is 11.3 Å². The maximum Gasteiger partial charge on any atom is 0.126 e. The van der Waals surface area contributed by atoms with Gasteiger partial charge in [0.05, 0.1) is 27.3 Å². The molecule has 2 N–H and O–H groups in total. The van der Waals surface area contributed by atoms with E-state index in [-0.39, 0.29) is 11.4 Å². The second-order valence-corrected chi connectivity index (χ2v) is 6.08. The van der Waals surface area contributed by atoms with Gasteiger partial charge in [-0.2, -0.15) is 0 Å². The van der Waals surface area contributed by atoms with Crippen LogP contribution in [0.1, 0.15) is 10.7 Å². The van der Waals surface area contributed by atoms with Crippen molar-refractivity contribution in [2.45, 2.75) is 17.6 Å². The first-order valence-corrected chi connectivity index (χ1v) is 7.10. The molecule has 0 aliphatic carbocycles. The van der Waals surface area contributed by atoms with E-state index in [9.17, 15) is 8.60 Å². The number of benzene rings is 1. The van der Waals surface area contributed by atoms with Crippen LogP contribution in [0.15, 0.2) is 28.5 Å². The summed E-state index contributed by atoms with van der Waals surface area (Å²) in [5, 5.41) is 2.78. The van der Waals surface area contributed by atoms with Crippen LogP contribution in [0, 0.1) is 12.7 Å². The van der Waals surface area contributed by atoms with Gasteiger partial charge in [-0.05, 0) is 25.1 Å². The molecule has 2 aromatic rings. The summed E-state index contributed by atoms with van der Waals surface area (Å²) in [6, 6.07) is 3.97. The van der Waals surface area contributed by atoms with Gasteiger partial charge < -0.3 is 5.73 Å². The maximum atomic E-state index is 13.1. The molecule has 0 fully saturated rings. The SMILES string of the molecule is Cc1nc(CS(=O)c2cc(N)cc(F)c2)cs1. The Bertz CT molecular complexity index is 548. The number of nitrogens with two attached hydrogens (primary N) is 1. The minimum Gasteiger partial charge on any atom is -0.399 e. The number of nitrogens with zero attached hydrogens (tertiary/aromatic N) is 1. The fourth-order valence-corrected chi connectivity index (χ4v) is 3.22. The Kier molecular flexibility index (Phi) is 3.54. The first-order chi connectivity index (χ1) is 8.04. The number of thiazole rings is 1. The summed E-state index contributed by atoms with van der Waals surface area (Å²) in [6.07, 6.45) is 0. The Morgan fingerprint density at radius 1 is 1.47 bits per heavy atom. The van der Waals surface area contributed by atoms with Crippen LogP contribution >= 0.6 is 11.3 Å². The lowest BCUT2D eigenvalue weighted by molar-refractivity contribution is 0.623. The van der Waals surface area contributed by atoms with Crippen LogP contribution in [0.2, 0.25) is 0 Å². The highest BCUT2D eigenvalue weighted by molar-refractivity contribution is 7.84. The van der Waals surface area contributed by atoms with Gasteiger partial charge in [0.1, 0.15) is 5.82 Å². The highest BCUT2D eigenvalue weighted by Gasteiger charge is 2.09. The minimum absolute atomic E-state index is 0.280. The van der Waals surface area contributed by atoms with Crippen LogP contribution in [0.3, 0.4) is 0 Å². The summed E-state index contributed by atoms with van der Waals surface area (Å²) < 4.78 is 25.1. The molecule has 3 nitrogen and oxygen atoms in total. The zero-order valence-corrected chi connectivity index (χ0v) is 10.8. The smallest absolute Gasteiger partial charge is 0.126 e. The summed E-state index contributed by atoms with van der Waals surface area (Å²) in [5.74, 6) is -0.185. The van der Waals surface area contributed by atoms with Crippen LogP contribution in [0.5, 0.6) is 0 Å². The van der Waals surface area contributed by atoms with Gasteiger partial charge in [-0.3, -0.25) is 4.21 Å². The third kappa shape index (κ3) is 3.10. The number of nitrogen functional groups attached to an aromatic ring is 1. The lowest BCUT2D eigenvalue weighted by Crippen LogP contribution is -1.99. The topological polar surface area (TPSA) is 56.0 Å². The fourth-order valence-electron chi connectivity index (χ4n) is 1.41. The average Bonchev–Trinajstić information content (AvgIpc) is 2.62. The molecule has 0 saturated heterocycles. The van der Waals surface area contributed by atoms with E-state index in [1.165, 1.54) is 29.5 Å². The molecule has 0 spiro atoms. The number of hydrogen-bond acceptors (Lipinski definition) is 4. The van der Waals surface area contributed by atoms with Crippen molar-refractivity contribution in [1.29, 1.82) is 0 Å². The van der Waals surface area contributed by atoms with Gasteiger partial charge in [0.25, 0.3) is 0 Å². The fraction of sp³-hybridized carbons (Fsp3) is 0.182. The van der Waals surface area contributed by atoms with Crippen molar-refractivity contribution in [1.82, 2.24) is 4.98 Å². The van der Waals surface area contributed by atoms with E-state index >= 15 is 0 Å². The summed E-state index contributed by atoms with van der Waals surface area (Å²) in [4.78, 5) is 4.62. The molecule has 0 aliphatic rings. The second kappa shape index (κ2) is 4.93. The quantitative estimate of drug-likeness (QED) is 0.872. The standard InChI is InChI=1S/C11H11FN2OS2/c1-7-14-10(5-16-7)6-17(15)11-3-8(12)2-9(13)4-11/h2-5H,6,13H2,1H3. The number of rotatable bonds is 3. The molecule has 90 valence electrons. The number of aryl methyl sites for hydroxylation is 1. The summed E-state index contributed by atoms with van der Waals surface area (Å²) in [5.41, 5.74) is 6.55. The van der Waals surface area contributed by atoms with Gasteiger partial charge in [0.15, 0.2) is 0 Å². The van der Waals surface area contributed by atoms with E-state index in [0.29, 0.717) is 4.90 Å². The minimum atomic E-state index is -1.32. The summed E-state index contributed by atoms with van der Waals surface area (Å²) in [7, 11) is -1.32. The normalized spacial score (nSPS) is 12.6. The van der Waals surface area contributed by atoms with Crippen LogP contribution in [0.25, 0.3) is 0 Å². The molecule has 1 atom stereocenters. The van der Waals surface area contributed by atoms with Crippen molar-refractivity contribution < 1.29 is 8.60 Å². The molecule has 0 radical (unpaired) electrons. The number of halogens is 1. The molecule has 1 heterocycles. The Morgan fingerprint density at radius 3 is 2.82 bits per heavy atom. The van der Waals surface area contributed by atoms with E-state index in [1.807, 2.05) is 12.3 Å². The summed E-state index contributed by atoms with van der Waals surface area (Å²) in [6.45, 7) is 1.89. The van der Waals surface area contributed by atoms with E-state index in [2.05, 4.69) is 4.98 Å². The lowest BCUT2D eigenvalue weighted by atomic mass is 10.3. The molecule has 1 unspecified atom stereocenters. The molecule has 17 heavy (non-hydrogen) atoms. The molecule has 2 rings (SSSR count). The molecular weight excluding hydrogens is 259 g/mol. The Morgan fingerprint density at radius 2 is 2.24 bits per heavy atom. The third-order valence-corrected chi connectivity index (χ3v) is 4.24. The first kappa shape index (κ1) is 12.2. The van der Waals surface area contributed by atoms with Crippen molar-refractivity contribution in [2.24, 2.45) is 0 Å². The largest absolute Gasteiger partial charge is 0.399 e. The number of anilines is 1. The highest BCUT2D eigenvalue weighted by atomic mass is 32.2. The molecule has 1 aromatic heterocycles. The third-order valence-electron chi connectivity index (χ3n) is 2.10. The molecule has 0 bridgehead atoms. The zero-order valence-electron chi connectivity index (χ0n) is 9.14. The van der Waals surface area contributed by atoms with Crippen molar-refractivity contribution in [2.75, 3.05) is 5.73 Å². The van der Waals surface area contributed by atoms with E-state index in [0.717, 1.165) is 10.7 Å². The van der Waals surface area contributed by atoms with E-state index < -0.39 is 16.6 Å². The van der Waals surface area contributed by atoms with Crippen molar-refractivity contribution in [3.05, 3.63) is 40.1 Å². The summed E-state index contributed by atoms with van der Waals surface area (Å²) >= 11 is 1.50. The van der Waals surface area contributed by atoms with Crippen LogP contribution in [0.4, 0.5) is 10.1 Å². The first-order valence-electron chi connectivity index (χ1n) is 4.90. The molecule has 0 saturated carbocycles. The van der Waals surface area contributed by atoms with Crippen molar-refractivity contribution in [3.63, 3.8) is 0 Å². The number of hydrogen-bond donors (Lipinski definition) is 1. The van der Waals surface area contributed by atoms with Gasteiger partial charge in [-0.1, -0.05) is 0 Å². The van der Waals surface area contributed by atoms with E-state index in [1.54, 1.807) is 0 Å². The maximum absolute atomic E-state index is 13.1. The van der Waals surface area contributed by atoms with Crippen LogP contribution < -0.4 is 5.73 Å². The second-order valence-electron chi connectivity index (χ2n) is 3.57. The van der Waals surface area contributed by atoms with Gasteiger partial charge in [0.2, 0.25) is 0 Å². The van der Waals surface area contributed by atoms with Crippen LogP contribution in [-0.2, 0) is 16.6 Å². The lowest BCUT2D eigenvalue weighted by Gasteiger charge is -2.02. The predicted molar refractivity (Wildman–Crippen MR) is 67.8 cm³/mol. The molecule has 1 aromatic carbocycles. The van der Waals surface area contributed by atoms with Crippen LogP contribution in [-0.4, -0.2) is 9.19 Å². The molecule has 6 heteroatoms. The Hall–Kier alpha value is -1.27. The van der Waals surface area contributed by atoms with Crippen molar-refractivity contribution >= 4 is 27.8 Å². The molecule has 0 amide bonds. The monoisotopic (exact) mass is 270 g/mol. The highest BCUT2D eigenvalue weighted by Crippen LogP contribution is 2.18. The zero-order chi connectivity index (χ0) is 12.4. The molecule has 0 aliphatic heterocycles. The average molecular weight is 270 g/mol. The van der Waals surface area contributed by atoms with Crippen molar-refractivity contribution in [3.8, 4) is 0 Å². The molecular formula is C11H11FN2OS2. The van der Waals surface area contributed by atoms with Gasteiger partial charge >= 0.3 is 0 Å². The number of aromatic nitrogens is 1. The Balaban J connectivity index is 2.19. The van der Waals surface area contributed by atoms with Gasteiger partial charge in [-0.25, -0.2) is 9.37 Å². The van der Waals surface area contributed by atoms with E-state index in [4.69, 9.17) is 5.73 Å². The van der Waals surface area contributed by atoms with Gasteiger partial charge in [0, 0.05) is 16.0 Å².